The molecule has 67 heavy (non-hydrogen) atoms. The molecular formula is C61H114O6. The third-order valence-corrected chi connectivity index (χ3v) is 13.4. The fourth-order valence-electron chi connectivity index (χ4n) is 8.91. The van der Waals surface area contributed by atoms with Crippen molar-refractivity contribution in [1.82, 2.24) is 0 Å². The van der Waals surface area contributed by atoms with Gasteiger partial charge in [-0.3, -0.25) is 14.4 Å². The first-order chi connectivity index (χ1) is 33.0. The molecule has 0 fully saturated rings. The van der Waals surface area contributed by atoms with Crippen LogP contribution in [-0.4, -0.2) is 37.2 Å². The van der Waals surface area contributed by atoms with Crippen LogP contribution in [-0.2, 0) is 28.6 Å². The molecule has 0 aliphatic rings. The Kier molecular flexibility index (Phi) is 54.7. The summed E-state index contributed by atoms with van der Waals surface area (Å²) < 4.78 is 16.9. The van der Waals surface area contributed by atoms with Gasteiger partial charge in [-0.1, -0.05) is 263 Å². The third-order valence-electron chi connectivity index (χ3n) is 13.4. The first kappa shape index (κ1) is 64.9. The number of carbonyl (C=O) groups excluding carboxylic acids is 3. The number of esters is 3. The maximum Gasteiger partial charge on any atom is 0.306 e. The zero-order chi connectivity index (χ0) is 48.6. The molecule has 0 amide bonds. The predicted molar refractivity (Wildman–Crippen MR) is 289 cm³/mol. The third kappa shape index (κ3) is 54.7. The van der Waals surface area contributed by atoms with Gasteiger partial charge in [0.2, 0.25) is 0 Å². The van der Waals surface area contributed by atoms with Gasteiger partial charge in [-0.25, -0.2) is 0 Å². The molecule has 0 aliphatic carbocycles. The molecule has 0 bridgehead atoms. The van der Waals surface area contributed by atoms with Crippen molar-refractivity contribution in [3.63, 3.8) is 0 Å². The van der Waals surface area contributed by atoms with Crippen molar-refractivity contribution in [3.05, 3.63) is 24.3 Å². The van der Waals surface area contributed by atoms with E-state index in [1.807, 2.05) is 0 Å². The van der Waals surface area contributed by atoms with Crippen LogP contribution >= 0.6 is 0 Å². The van der Waals surface area contributed by atoms with Crippen molar-refractivity contribution in [1.29, 1.82) is 0 Å². The lowest BCUT2D eigenvalue weighted by Crippen LogP contribution is -2.30. The highest BCUT2D eigenvalue weighted by Gasteiger charge is 2.19. The standard InChI is InChI=1S/C61H114O6/c1-4-7-10-13-16-19-22-24-26-28-29-30-31-33-35-37-40-43-46-49-52-55-61(64)67-58(56-65-59(62)53-50-47-44-41-38-21-18-15-12-9-6-3)57-66-60(63)54-51-48-45-42-39-36-34-32-27-25-23-20-17-14-11-8-5-2/h24-27,58H,4-23,28-57H2,1-3H3/b26-24-,27-25-/t58-/m0/s1. The van der Waals surface area contributed by atoms with Crippen LogP contribution in [0.4, 0.5) is 0 Å². The van der Waals surface area contributed by atoms with E-state index in [-0.39, 0.29) is 31.1 Å². The van der Waals surface area contributed by atoms with Crippen LogP contribution in [0.2, 0.25) is 0 Å². The SMILES string of the molecule is CCCCCCCC/C=C\CCCCCCCCCCCCCC(=O)O[C@H](COC(=O)CCCCCCCCC/C=C\CCCCCCCC)COC(=O)CCCCCCCCCCCCC. The summed E-state index contributed by atoms with van der Waals surface area (Å²) in [6, 6.07) is 0. The lowest BCUT2D eigenvalue weighted by atomic mass is 10.0. The topological polar surface area (TPSA) is 78.9 Å². The highest BCUT2D eigenvalue weighted by Crippen LogP contribution is 2.17. The lowest BCUT2D eigenvalue weighted by Gasteiger charge is -2.18. The summed E-state index contributed by atoms with van der Waals surface area (Å²) in [4.78, 5) is 38.1. The Balaban J connectivity index is 4.27. The minimum Gasteiger partial charge on any atom is -0.462 e. The zero-order valence-corrected chi connectivity index (χ0v) is 45.2. The Morgan fingerprint density at radius 2 is 0.493 bits per heavy atom. The van der Waals surface area contributed by atoms with Crippen LogP contribution in [0.25, 0.3) is 0 Å². The van der Waals surface area contributed by atoms with Gasteiger partial charge in [-0.05, 0) is 70.6 Å². The highest BCUT2D eigenvalue weighted by molar-refractivity contribution is 5.71. The molecule has 0 rings (SSSR count). The van der Waals surface area contributed by atoms with Crippen molar-refractivity contribution in [2.45, 2.75) is 335 Å². The monoisotopic (exact) mass is 943 g/mol. The number of allylic oxidation sites excluding steroid dienone is 4. The maximum absolute atomic E-state index is 12.9. The van der Waals surface area contributed by atoms with E-state index in [1.165, 1.54) is 231 Å². The summed E-state index contributed by atoms with van der Waals surface area (Å²) in [5.41, 5.74) is 0. The number of rotatable bonds is 55. The average molecular weight is 944 g/mol. The minimum atomic E-state index is -0.769. The summed E-state index contributed by atoms with van der Waals surface area (Å²) >= 11 is 0. The van der Waals surface area contributed by atoms with Crippen LogP contribution < -0.4 is 0 Å². The van der Waals surface area contributed by atoms with Gasteiger partial charge in [0.15, 0.2) is 6.10 Å². The molecule has 0 saturated carbocycles. The number of hydrogen-bond donors (Lipinski definition) is 0. The Hall–Kier alpha value is -2.11. The Labute approximate surface area is 417 Å². The molecule has 0 heterocycles. The van der Waals surface area contributed by atoms with Gasteiger partial charge in [-0.2, -0.15) is 0 Å². The number of unbranched alkanes of at least 4 members (excludes halogenated alkanes) is 40. The van der Waals surface area contributed by atoms with E-state index in [0.29, 0.717) is 19.3 Å². The van der Waals surface area contributed by atoms with Crippen LogP contribution in [0.5, 0.6) is 0 Å². The van der Waals surface area contributed by atoms with E-state index in [1.54, 1.807) is 0 Å². The highest BCUT2D eigenvalue weighted by atomic mass is 16.6. The van der Waals surface area contributed by atoms with Crippen LogP contribution in [0.1, 0.15) is 329 Å². The van der Waals surface area contributed by atoms with E-state index in [9.17, 15) is 14.4 Å². The van der Waals surface area contributed by atoms with Gasteiger partial charge in [0.25, 0.3) is 0 Å². The fourth-order valence-corrected chi connectivity index (χ4v) is 8.91. The van der Waals surface area contributed by atoms with Gasteiger partial charge in [0.1, 0.15) is 13.2 Å². The van der Waals surface area contributed by atoms with E-state index < -0.39 is 6.10 Å². The van der Waals surface area contributed by atoms with Crippen LogP contribution in [0.15, 0.2) is 24.3 Å². The average Bonchev–Trinajstić information content (AvgIpc) is 3.33. The van der Waals surface area contributed by atoms with Crippen molar-refractivity contribution in [3.8, 4) is 0 Å². The van der Waals surface area contributed by atoms with Crippen molar-refractivity contribution in [2.24, 2.45) is 0 Å². The molecule has 0 aromatic rings. The smallest absolute Gasteiger partial charge is 0.306 e. The number of ether oxygens (including phenoxy) is 3. The predicted octanol–water partition coefficient (Wildman–Crippen LogP) is 19.9. The molecule has 0 unspecified atom stereocenters. The summed E-state index contributed by atoms with van der Waals surface area (Å²) in [6.45, 7) is 6.67. The van der Waals surface area contributed by atoms with E-state index in [0.717, 1.165) is 57.8 Å². The van der Waals surface area contributed by atoms with E-state index >= 15 is 0 Å². The molecular weight excluding hydrogens is 829 g/mol. The second-order valence-electron chi connectivity index (χ2n) is 20.3. The molecule has 0 aliphatic heterocycles. The minimum absolute atomic E-state index is 0.0683. The number of hydrogen-bond acceptors (Lipinski definition) is 6. The molecule has 0 aromatic carbocycles. The summed E-state index contributed by atoms with van der Waals surface area (Å²) in [7, 11) is 0. The second-order valence-corrected chi connectivity index (χ2v) is 20.3. The molecule has 6 nitrogen and oxygen atoms in total. The fraction of sp³-hybridized carbons (Fsp3) is 0.885. The van der Waals surface area contributed by atoms with Gasteiger partial charge >= 0.3 is 17.9 Å². The van der Waals surface area contributed by atoms with E-state index in [2.05, 4.69) is 45.1 Å². The van der Waals surface area contributed by atoms with Crippen molar-refractivity contribution in [2.75, 3.05) is 13.2 Å². The van der Waals surface area contributed by atoms with Crippen molar-refractivity contribution >= 4 is 17.9 Å². The Bertz CT molecular complexity index is 1080. The maximum atomic E-state index is 12.9. The molecule has 6 heteroatoms. The largest absolute Gasteiger partial charge is 0.462 e. The van der Waals surface area contributed by atoms with Crippen LogP contribution in [0, 0.1) is 0 Å². The van der Waals surface area contributed by atoms with Gasteiger partial charge < -0.3 is 14.2 Å². The van der Waals surface area contributed by atoms with Crippen LogP contribution in [0.3, 0.4) is 0 Å². The summed E-state index contributed by atoms with van der Waals surface area (Å²) in [5.74, 6) is -0.854. The first-order valence-corrected chi connectivity index (χ1v) is 29.8. The summed E-state index contributed by atoms with van der Waals surface area (Å²) in [6.07, 6.45) is 66.0. The second kappa shape index (κ2) is 56.5. The zero-order valence-electron chi connectivity index (χ0n) is 45.2. The molecule has 394 valence electrons. The lowest BCUT2D eigenvalue weighted by molar-refractivity contribution is -0.167. The van der Waals surface area contributed by atoms with Gasteiger partial charge in [0.05, 0.1) is 0 Å². The molecule has 0 aromatic heterocycles. The van der Waals surface area contributed by atoms with Gasteiger partial charge in [0, 0.05) is 19.3 Å². The van der Waals surface area contributed by atoms with E-state index in [4.69, 9.17) is 14.2 Å². The molecule has 0 radical (unpaired) electrons. The summed E-state index contributed by atoms with van der Waals surface area (Å²) in [5, 5.41) is 0. The molecule has 0 saturated heterocycles. The quantitative estimate of drug-likeness (QED) is 0.0262. The first-order valence-electron chi connectivity index (χ1n) is 29.8. The molecule has 0 N–H and O–H groups in total. The van der Waals surface area contributed by atoms with Gasteiger partial charge in [-0.15, -0.1) is 0 Å². The van der Waals surface area contributed by atoms with Crippen molar-refractivity contribution < 1.29 is 28.6 Å². The molecule has 1 atom stereocenters. The Morgan fingerprint density at radius 1 is 0.284 bits per heavy atom. The normalized spacial score (nSPS) is 12.1. The number of carbonyl (C=O) groups is 3. The molecule has 0 spiro atoms. The Morgan fingerprint density at radius 3 is 0.746 bits per heavy atom.